The second-order valence-corrected chi connectivity index (χ2v) is 8.31. The predicted octanol–water partition coefficient (Wildman–Crippen LogP) is 4.74. The van der Waals surface area contributed by atoms with E-state index in [4.69, 9.17) is 0 Å². The number of rotatable bonds is 0. The minimum absolute atomic E-state index is 0. The van der Waals surface area contributed by atoms with Crippen molar-refractivity contribution in [3.63, 3.8) is 0 Å². The van der Waals surface area contributed by atoms with Crippen LogP contribution < -0.4 is 21.2 Å². The zero-order valence-corrected chi connectivity index (χ0v) is 28.0. The Morgan fingerprint density at radius 1 is 0.250 bits per heavy atom. The third-order valence-electron chi connectivity index (χ3n) is 3.20. The fraction of sp³-hybridized carbons (Fsp3) is 0. The Balaban J connectivity index is -0.000000157. The van der Waals surface area contributed by atoms with Gasteiger partial charge in [0, 0.05) is 81.7 Å². The summed E-state index contributed by atoms with van der Waals surface area (Å²) in [6.45, 7) is 0. The summed E-state index contributed by atoms with van der Waals surface area (Å²) in [6.07, 6.45) is 0. The topological polar surface area (TPSA) is 0 Å². The summed E-state index contributed by atoms with van der Waals surface area (Å²) in [7, 11) is 10.5. The SMILES string of the molecule is Pc1ccccc1.Pc1ccccc1.Pc1ccccc1.Pc1ccccc1.[Pd].[Pd].[Pd].[Pd]. The monoisotopic (exact) mass is 864 g/mol. The van der Waals surface area contributed by atoms with Crippen LogP contribution in [0, 0.1) is 0 Å². The van der Waals surface area contributed by atoms with Gasteiger partial charge in [0.2, 0.25) is 0 Å². The molecule has 0 spiro atoms. The molecule has 0 saturated heterocycles. The van der Waals surface area contributed by atoms with Crippen molar-refractivity contribution in [2.75, 3.05) is 0 Å². The van der Waals surface area contributed by atoms with Crippen LogP contribution in [0.3, 0.4) is 0 Å². The molecule has 0 amide bonds. The summed E-state index contributed by atoms with van der Waals surface area (Å²) in [5.41, 5.74) is 0. The van der Waals surface area contributed by atoms with Crippen molar-refractivity contribution in [2.24, 2.45) is 0 Å². The van der Waals surface area contributed by atoms with Crippen LogP contribution in [0.4, 0.5) is 0 Å². The molecule has 0 fully saturated rings. The van der Waals surface area contributed by atoms with Crippen molar-refractivity contribution in [1.82, 2.24) is 0 Å². The van der Waals surface area contributed by atoms with Gasteiger partial charge in [0.15, 0.2) is 0 Å². The first-order chi connectivity index (χ1) is 13.6. The molecule has 0 radical (unpaired) electrons. The quantitative estimate of drug-likeness (QED) is 0.177. The van der Waals surface area contributed by atoms with Crippen molar-refractivity contribution in [1.29, 1.82) is 0 Å². The van der Waals surface area contributed by atoms with E-state index in [2.05, 4.69) is 37.0 Å². The van der Waals surface area contributed by atoms with E-state index in [9.17, 15) is 0 Å². The molecule has 4 atom stereocenters. The van der Waals surface area contributed by atoms with Gasteiger partial charge in [-0.15, -0.1) is 37.0 Å². The van der Waals surface area contributed by atoms with Gasteiger partial charge in [-0.05, 0) is 21.2 Å². The minimum Gasteiger partial charge on any atom is -0.106 e. The van der Waals surface area contributed by atoms with Crippen LogP contribution >= 0.6 is 37.0 Å². The Kier molecular flexibility index (Phi) is 36.0. The van der Waals surface area contributed by atoms with E-state index in [1.54, 1.807) is 0 Å². The van der Waals surface area contributed by atoms with Crippen LogP contribution in [0.25, 0.3) is 0 Å². The van der Waals surface area contributed by atoms with Gasteiger partial charge >= 0.3 is 0 Å². The van der Waals surface area contributed by atoms with Crippen molar-refractivity contribution < 1.29 is 81.7 Å². The molecule has 4 aromatic carbocycles. The van der Waals surface area contributed by atoms with Crippen LogP contribution in [-0.2, 0) is 81.7 Å². The minimum atomic E-state index is 0. The van der Waals surface area contributed by atoms with Crippen LogP contribution in [0.15, 0.2) is 121 Å². The van der Waals surface area contributed by atoms with E-state index < -0.39 is 0 Å². The maximum Gasteiger partial charge on any atom is 0 e. The number of hydrogen-bond acceptors (Lipinski definition) is 0. The second-order valence-electron chi connectivity index (χ2n) is 5.64. The van der Waals surface area contributed by atoms with Gasteiger partial charge in [0.25, 0.3) is 0 Å². The molecule has 0 nitrogen and oxygen atoms in total. The van der Waals surface area contributed by atoms with E-state index in [0.29, 0.717) is 0 Å². The standard InChI is InChI=1S/4C6H7P.4Pd/c4*7-6-4-2-1-3-5-6;;;;/h4*1-5H,7H2;;;;. The van der Waals surface area contributed by atoms with Gasteiger partial charge in [0.05, 0.1) is 0 Å². The van der Waals surface area contributed by atoms with Crippen LogP contribution in [-0.4, -0.2) is 0 Å². The molecule has 8 heteroatoms. The van der Waals surface area contributed by atoms with Gasteiger partial charge in [-0.1, -0.05) is 121 Å². The molecule has 184 valence electrons. The van der Waals surface area contributed by atoms with E-state index in [1.165, 1.54) is 21.2 Å². The van der Waals surface area contributed by atoms with E-state index in [-0.39, 0.29) is 81.7 Å². The molecule has 0 heterocycles. The Labute approximate surface area is 258 Å². The molecular weight excluding hydrogens is 838 g/mol. The largest absolute Gasteiger partial charge is 0.106 e. The fourth-order valence-electron chi connectivity index (χ4n) is 1.81. The summed E-state index contributed by atoms with van der Waals surface area (Å²) < 4.78 is 0. The smallest absolute Gasteiger partial charge is 0 e. The van der Waals surface area contributed by atoms with Crippen molar-refractivity contribution in [3.05, 3.63) is 121 Å². The van der Waals surface area contributed by atoms with Gasteiger partial charge in [0.1, 0.15) is 0 Å². The first-order valence-electron chi connectivity index (χ1n) is 8.80. The molecule has 0 aliphatic carbocycles. The molecule has 0 saturated carbocycles. The van der Waals surface area contributed by atoms with Gasteiger partial charge < -0.3 is 0 Å². The Morgan fingerprint density at radius 3 is 0.438 bits per heavy atom. The Hall–Kier alpha value is 1.25. The fourth-order valence-corrected chi connectivity index (χ4v) is 2.70. The van der Waals surface area contributed by atoms with Crippen molar-refractivity contribution in [2.45, 2.75) is 0 Å². The van der Waals surface area contributed by atoms with Crippen molar-refractivity contribution in [3.8, 4) is 0 Å². The van der Waals surface area contributed by atoms with E-state index >= 15 is 0 Å². The third-order valence-corrected chi connectivity index (χ3v) is 4.74. The van der Waals surface area contributed by atoms with E-state index in [0.717, 1.165) is 0 Å². The first-order valence-corrected chi connectivity index (χ1v) is 11.1. The van der Waals surface area contributed by atoms with Gasteiger partial charge in [-0.2, -0.15) is 0 Å². The molecule has 4 unspecified atom stereocenters. The molecule has 0 aliphatic rings. The zero-order valence-electron chi connectivity index (χ0n) is 17.1. The molecule has 0 bridgehead atoms. The van der Waals surface area contributed by atoms with Crippen molar-refractivity contribution >= 4 is 58.2 Å². The second kappa shape index (κ2) is 28.5. The van der Waals surface area contributed by atoms with Crippen LogP contribution in [0.2, 0.25) is 0 Å². The summed E-state index contributed by atoms with van der Waals surface area (Å²) >= 11 is 0. The zero-order chi connectivity index (χ0) is 20.5. The average molecular weight is 866 g/mol. The average Bonchev–Trinajstić information content (AvgIpc) is 2.72. The molecule has 4 rings (SSSR count). The molecule has 32 heavy (non-hydrogen) atoms. The maximum absolute atomic E-state index is 2.63. The summed E-state index contributed by atoms with van der Waals surface area (Å²) in [5, 5.41) is 4.95. The van der Waals surface area contributed by atoms with Gasteiger partial charge in [-0.3, -0.25) is 0 Å². The summed E-state index contributed by atoms with van der Waals surface area (Å²) in [6, 6.07) is 40.5. The normalized spacial score (nSPS) is 7.62. The van der Waals surface area contributed by atoms with Crippen LogP contribution in [0.5, 0.6) is 0 Å². The number of hydrogen-bond donors (Lipinski definition) is 0. The van der Waals surface area contributed by atoms with Crippen LogP contribution in [0.1, 0.15) is 0 Å². The summed E-state index contributed by atoms with van der Waals surface area (Å²) in [4.78, 5) is 0. The van der Waals surface area contributed by atoms with E-state index in [1.807, 2.05) is 121 Å². The molecule has 0 N–H and O–H groups in total. The molecular formula is C24H28P4Pd4. The Bertz CT molecular complexity index is 704. The number of benzene rings is 4. The summed E-state index contributed by atoms with van der Waals surface area (Å²) in [5.74, 6) is 0. The first kappa shape index (κ1) is 40.4. The maximum atomic E-state index is 2.63. The molecule has 0 aromatic heterocycles. The molecule has 0 aliphatic heterocycles. The third kappa shape index (κ3) is 25.9. The molecule has 4 aromatic rings. The van der Waals surface area contributed by atoms with Gasteiger partial charge in [-0.25, -0.2) is 0 Å². The Morgan fingerprint density at radius 2 is 0.375 bits per heavy atom. The predicted molar refractivity (Wildman–Crippen MR) is 143 cm³/mol.